The van der Waals surface area contributed by atoms with E-state index in [4.69, 9.17) is 37.4 Å². The third kappa shape index (κ3) is 7.45. The number of nitrogens with zero attached hydrogens (tertiary/aromatic N) is 4. The predicted molar refractivity (Wildman–Crippen MR) is 178 cm³/mol. The number of anilines is 3. The highest BCUT2D eigenvalue weighted by Crippen LogP contribution is 2.37. The highest BCUT2D eigenvalue weighted by Gasteiger charge is 2.40. The van der Waals surface area contributed by atoms with Crippen LogP contribution < -0.4 is 29.7 Å². The fraction of sp³-hybridized carbons (Fsp3) is 0.515. The second kappa shape index (κ2) is 13.2. The van der Waals surface area contributed by atoms with Crippen molar-refractivity contribution >= 4 is 40.5 Å². The van der Waals surface area contributed by atoms with Crippen LogP contribution in [0.25, 0.3) is 0 Å². The van der Waals surface area contributed by atoms with Gasteiger partial charge in [0.25, 0.3) is 0 Å². The first kappa shape index (κ1) is 32.4. The maximum atomic E-state index is 6.47. The lowest BCUT2D eigenvalue weighted by atomic mass is 9.79. The number of hydrogen-bond donors (Lipinski definition) is 2. The fourth-order valence-corrected chi connectivity index (χ4v) is 7.23. The smallest absolute Gasteiger partial charge is 0.227 e. The molecular formula is C33H44Cl2N6O3. The van der Waals surface area contributed by atoms with Gasteiger partial charge in [-0.25, -0.2) is 9.97 Å². The molecule has 3 heterocycles. The molecule has 11 heteroatoms. The Hall–Kier alpha value is -2.98. The minimum absolute atomic E-state index is 0.144. The zero-order chi connectivity index (χ0) is 31.6. The summed E-state index contributed by atoms with van der Waals surface area (Å²) in [5, 5.41) is 8.05. The lowest BCUT2D eigenvalue weighted by Gasteiger charge is -2.51. The standard InChI is InChI=1S/C33H44Cl2N6O3/c1-21-14-28(43-7)30(35)25(29(21)34)20-44-24-18-36-31(37-19-24)38-22-8-9-26(27(15-22)42-6)41-12-10-40(11-13-41)23-16-32(2,3)39-33(4,5)17-23/h8-9,14-15,18-19,23,39H,10-13,16-17,20H2,1-7H3,(H,36,37,38). The van der Waals surface area contributed by atoms with Gasteiger partial charge in [-0.3, -0.25) is 4.90 Å². The van der Waals surface area contributed by atoms with Crippen LogP contribution in [-0.2, 0) is 6.61 Å². The molecule has 0 saturated carbocycles. The van der Waals surface area contributed by atoms with Crippen LogP contribution in [0.5, 0.6) is 17.2 Å². The van der Waals surface area contributed by atoms with Crippen LogP contribution in [0.1, 0.15) is 51.7 Å². The lowest BCUT2D eigenvalue weighted by Crippen LogP contribution is -2.63. The van der Waals surface area contributed by atoms with Crippen LogP contribution in [0.4, 0.5) is 17.3 Å². The van der Waals surface area contributed by atoms with E-state index < -0.39 is 0 Å². The van der Waals surface area contributed by atoms with E-state index in [1.165, 1.54) is 12.8 Å². The molecule has 1 aromatic heterocycles. The molecule has 2 aromatic carbocycles. The first-order chi connectivity index (χ1) is 20.9. The van der Waals surface area contributed by atoms with Crippen molar-refractivity contribution in [3.05, 3.63) is 57.8 Å². The van der Waals surface area contributed by atoms with E-state index >= 15 is 0 Å². The van der Waals surface area contributed by atoms with Crippen molar-refractivity contribution in [2.75, 3.05) is 50.6 Å². The Balaban J connectivity index is 1.19. The first-order valence-corrected chi connectivity index (χ1v) is 15.8. The van der Waals surface area contributed by atoms with E-state index in [2.05, 4.69) is 64.2 Å². The summed E-state index contributed by atoms with van der Waals surface area (Å²) in [6, 6.07) is 8.52. The summed E-state index contributed by atoms with van der Waals surface area (Å²) in [6.45, 7) is 15.3. The number of piperidine rings is 1. The monoisotopic (exact) mass is 642 g/mol. The van der Waals surface area contributed by atoms with Crippen LogP contribution in [0, 0.1) is 6.92 Å². The molecular weight excluding hydrogens is 599 g/mol. The normalized spacial score (nSPS) is 18.6. The molecule has 44 heavy (non-hydrogen) atoms. The zero-order valence-electron chi connectivity index (χ0n) is 26.8. The Labute approximate surface area is 271 Å². The van der Waals surface area contributed by atoms with Gasteiger partial charge in [0.15, 0.2) is 5.75 Å². The van der Waals surface area contributed by atoms with Crippen molar-refractivity contribution in [3.63, 3.8) is 0 Å². The molecule has 0 amide bonds. The van der Waals surface area contributed by atoms with Gasteiger partial charge in [0.2, 0.25) is 5.95 Å². The maximum Gasteiger partial charge on any atom is 0.227 e. The predicted octanol–water partition coefficient (Wildman–Crippen LogP) is 6.86. The molecule has 0 radical (unpaired) electrons. The van der Waals surface area contributed by atoms with Crippen molar-refractivity contribution in [2.24, 2.45) is 0 Å². The lowest BCUT2D eigenvalue weighted by molar-refractivity contribution is 0.0627. The number of nitrogens with one attached hydrogen (secondary N) is 2. The van der Waals surface area contributed by atoms with E-state index in [0.29, 0.717) is 39.1 Å². The fourth-order valence-electron chi connectivity index (χ4n) is 6.69. The number of piperazine rings is 1. The number of halogens is 2. The number of methoxy groups -OCH3 is 2. The third-order valence-electron chi connectivity index (χ3n) is 8.45. The summed E-state index contributed by atoms with van der Waals surface area (Å²) in [6.07, 6.45) is 5.56. The molecule has 0 unspecified atom stereocenters. The van der Waals surface area contributed by atoms with Crippen molar-refractivity contribution < 1.29 is 14.2 Å². The Kier molecular flexibility index (Phi) is 9.70. The van der Waals surface area contributed by atoms with Crippen molar-refractivity contribution in [1.29, 1.82) is 0 Å². The number of benzene rings is 2. The molecule has 9 nitrogen and oxygen atoms in total. The SMILES string of the molecule is COc1cc(Nc2ncc(OCc3c(Cl)c(C)cc(OC)c3Cl)cn2)ccc1N1CCN(C2CC(C)(C)NC(C)(C)C2)CC1. The van der Waals surface area contributed by atoms with Crippen LogP contribution >= 0.6 is 23.2 Å². The minimum Gasteiger partial charge on any atom is -0.495 e. The zero-order valence-corrected chi connectivity index (χ0v) is 28.3. The molecule has 2 saturated heterocycles. The molecule has 5 rings (SSSR count). The second-order valence-electron chi connectivity index (χ2n) is 13.0. The number of hydrogen-bond acceptors (Lipinski definition) is 9. The number of ether oxygens (including phenoxy) is 3. The Morgan fingerprint density at radius 2 is 1.55 bits per heavy atom. The van der Waals surface area contributed by atoms with Crippen LogP contribution in [0.3, 0.4) is 0 Å². The molecule has 0 spiro atoms. The Morgan fingerprint density at radius 3 is 2.16 bits per heavy atom. The van der Waals surface area contributed by atoms with E-state index in [0.717, 1.165) is 48.9 Å². The maximum absolute atomic E-state index is 6.47. The van der Waals surface area contributed by atoms with Crippen molar-refractivity contribution in [3.8, 4) is 17.2 Å². The largest absolute Gasteiger partial charge is 0.495 e. The van der Waals surface area contributed by atoms with Crippen molar-refractivity contribution in [2.45, 2.75) is 71.2 Å². The van der Waals surface area contributed by atoms with Gasteiger partial charge in [0.05, 0.1) is 42.3 Å². The van der Waals surface area contributed by atoms with Gasteiger partial charge in [-0.05, 0) is 71.2 Å². The summed E-state index contributed by atoms with van der Waals surface area (Å²) >= 11 is 12.9. The Morgan fingerprint density at radius 1 is 0.909 bits per heavy atom. The van der Waals surface area contributed by atoms with Gasteiger partial charge >= 0.3 is 0 Å². The van der Waals surface area contributed by atoms with Crippen LogP contribution in [0.2, 0.25) is 10.0 Å². The van der Waals surface area contributed by atoms with E-state index in [1.54, 1.807) is 32.7 Å². The van der Waals surface area contributed by atoms with E-state index in [-0.39, 0.29) is 17.7 Å². The highest BCUT2D eigenvalue weighted by atomic mass is 35.5. The van der Waals surface area contributed by atoms with Crippen LogP contribution in [-0.4, -0.2) is 72.4 Å². The molecule has 2 fully saturated rings. The highest BCUT2D eigenvalue weighted by molar-refractivity contribution is 6.37. The van der Waals surface area contributed by atoms with Gasteiger partial charge in [0, 0.05) is 60.6 Å². The van der Waals surface area contributed by atoms with Gasteiger partial charge in [-0.2, -0.15) is 0 Å². The van der Waals surface area contributed by atoms with Gasteiger partial charge in [-0.1, -0.05) is 23.2 Å². The average Bonchev–Trinajstić information content (AvgIpc) is 2.98. The van der Waals surface area contributed by atoms with E-state index in [1.807, 2.05) is 19.1 Å². The van der Waals surface area contributed by atoms with E-state index in [9.17, 15) is 0 Å². The number of aromatic nitrogens is 2. The Bertz CT molecular complexity index is 1440. The third-order valence-corrected chi connectivity index (χ3v) is 9.39. The van der Waals surface area contributed by atoms with Gasteiger partial charge in [0.1, 0.15) is 18.1 Å². The summed E-state index contributed by atoms with van der Waals surface area (Å²) in [5.41, 5.74) is 3.73. The first-order valence-electron chi connectivity index (χ1n) is 15.1. The number of aryl methyl sites for hydroxylation is 1. The summed E-state index contributed by atoms with van der Waals surface area (Å²) < 4.78 is 17.1. The average molecular weight is 644 g/mol. The number of rotatable bonds is 9. The van der Waals surface area contributed by atoms with Gasteiger partial charge < -0.3 is 29.7 Å². The molecule has 2 N–H and O–H groups in total. The molecule has 0 bridgehead atoms. The quantitative estimate of drug-likeness (QED) is 0.260. The summed E-state index contributed by atoms with van der Waals surface area (Å²) in [5.74, 6) is 2.31. The molecule has 238 valence electrons. The summed E-state index contributed by atoms with van der Waals surface area (Å²) in [4.78, 5) is 13.9. The van der Waals surface area contributed by atoms with Gasteiger partial charge in [-0.15, -0.1) is 0 Å². The molecule has 3 aromatic rings. The minimum atomic E-state index is 0.144. The second-order valence-corrected chi connectivity index (χ2v) is 13.8. The molecule has 0 atom stereocenters. The molecule has 2 aliphatic rings. The molecule has 0 aliphatic carbocycles. The van der Waals surface area contributed by atoms with Crippen molar-refractivity contribution in [1.82, 2.24) is 20.2 Å². The topological polar surface area (TPSA) is 84.0 Å². The van der Waals surface area contributed by atoms with Crippen LogP contribution in [0.15, 0.2) is 36.7 Å². The summed E-state index contributed by atoms with van der Waals surface area (Å²) in [7, 11) is 3.28. The molecule has 2 aliphatic heterocycles.